The first kappa shape index (κ1) is 15.4. The molecule has 1 unspecified atom stereocenters. The van der Waals surface area contributed by atoms with Crippen LogP contribution in [0.5, 0.6) is 0 Å². The van der Waals surface area contributed by atoms with Crippen LogP contribution in [0.2, 0.25) is 0 Å². The highest BCUT2D eigenvalue weighted by atomic mass is 16.4. The molecule has 1 aromatic heterocycles. The first-order valence-electron chi connectivity index (χ1n) is 7.37. The van der Waals surface area contributed by atoms with Crippen LogP contribution in [0.3, 0.4) is 0 Å². The topological polar surface area (TPSA) is 82.8 Å². The molecule has 1 saturated heterocycles. The lowest BCUT2D eigenvalue weighted by atomic mass is 9.99. The molecule has 0 aromatic carbocycles. The number of furan rings is 1. The molecule has 6 heteroatoms. The van der Waals surface area contributed by atoms with Crippen molar-refractivity contribution in [2.45, 2.75) is 38.6 Å². The van der Waals surface area contributed by atoms with Crippen molar-refractivity contribution in [3.63, 3.8) is 0 Å². The van der Waals surface area contributed by atoms with Gasteiger partial charge >= 0.3 is 12.0 Å². The standard InChI is InChI=1S/C15H22N2O4/c1-11(6-7-13-5-3-9-21-13)16-15(20)17-8-2-4-12(10-17)14(18)19/h3,5,9,11-12H,2,4,6-8,10H2,1H3,(H,16,20)(H,18,19)/t11?,12-/m1/s1. The maximum absolute atomic E-state index is 12.1. The third kappa shape index (κ3) is 4.51. The van der Waals surface area contributed by atoms with Gasteiger partial charge in [-0.15, -0.1) is 0 Å². The molecule has 0 aliphatic carbocycles. The third-order valence-corrected chi connectivity index (χ3v) is 3.83. The Labute approximate surface area is 124 Å². The Kier molecular flexibility index (Phi) is 5.25. The molecule has 0 bridgehead atoms. The molecule has 2 N–H and O–H groups in total. The zero-order valence-electron chi connectivity index (χ0n) is 12.2. The maximum Gasteiger partial charge on any atom is 0.317 e. The summed E-state index contributed by atoms with van der Waals surface area (Å²) < 4.78 is 5.26. The van der Waals surface area contributed by atoms with Crippen LogP contribution in [0.1, 0.15) is 31.9 Å². The summed E-state index contributed by atoms with van der Waals surface area (Å²) in [6, 6.07) is 3.61. The Morgan fingerprint density at radius 1 is 1.57 bits per heavy atom. The summed E-state index contributed by atoms with van der Waals surface area (Å²) in [7, 11) is 0. The molecule has 2 heterocycles. The lowest BCUT2D eigenvalue weighted by Crippen LogP contribution is -2.49. The number of aliphatic carboxylic acids is 1. The van der Waals surface area contributed by atoms with Crippen LogP contribution in [0.25, 0.3) is 0 Å². The van der Waals surface area contributed by atoms with E-state index in [2.05, 4.69) is 5.32 Å². The van der Waals surface area contributed by atoms with Crippen LogP contribution < -0.4 is 5.32 Å². The Hall–Kier alpha value is -1.98. The second-order valence-corrected chi connectivity index (χ2v) is 5.59. The molecule has 116 valence electrons. The number of piperidine rings is 1. The van der Waals surface area contributed by atoms with Gasteiger partial charge in [0.15, 0.2) is 0 Å². The fourth-order valence-electron chi connectivity index (χ4n) is 2.55. The van der Waals surface area contributed by atoms with E-state index in [1.807, 2.05) is 19.1 Å². The zero-order chi connectivity index (χ0) is 15.2. The first-order valence-corrected chi connectivity index (χ1v) is 7.37. The second kappa shape index (κ2) is 7.15. The van der Waals surface area contributed by atoms with Gasteiger partial charge in [-0.1, -0.05) is 0 Å². The third-order valence-electron chi connectivity index (χ3n) is 3.83. The molecule has 1 fully saturated rings. The van der Waals surface area contributed by atoms with E-state index in [1.54, 1.807) is 11.2 Å². The molecule has 0 radical (unpaired) electrons. The molecule has 0 spiro atoms. The van der Waals surface area contributed by atoms with Crippen molar-refractivity contribution < 1.29 is 19.1 Å². The molecule has 21 heavy (non-hydrogen) atoms. The second-order valence-electron chi connectivity index (χ2n) is 5.59. The summed E-state index contributed by atoms with van der Waals surface area (Å²) in [5.41, 5.74) is 0. The van der Waals surface area contributed by atoms with Crippen LogP contribution in [-0.4, -0.2) is 41.1 Å². The SMILES string of the molecule is CC(CCc1ccco1)NC(=O)N1CCC[C@@H](C(=O)O)C1. The minimum absolute atomic E-state index is 0.0211. The van der Waals surface area contributed by atoms with Gasteiger partial charge in [0.25, 0.3) is 0 Å². The van der Waals surface area contributed by atoms with Crippen LogP contribution in [0.4, 0.5) is 4.79 Å². The van der Waals surface area contributed by atoms with Gasteiger partial charge < -0.3 is 19.7 Å². The van der Waals surface area contributed by atoms with E-state index in [0.717, 1.165) is 25.0 Å². The number of carboxylic acid groups (broad SMARTS) is 1. The molecule has 2 rings (SSSR count). The number of carboxylic acids is 1. The van der Waals surface area contributed by atoms with E-state index >= 15 is 0 Å². The van der Waals surface area contributed by atoms with Gasteiger partial charge in [-0.25, -0.2) is 4.79 Å². The Balaban J connectivity index is 1.76. The molecule has 2 atom stereocenters. The highest BCUT2D eigenvalue weighted by Gasteiger charge is 2.28. The van der Waals surface area contributed by atoms with Gasteiger partial charge in [0.05, 0.1) is 12.2 Å². The van der Waals surface area contributed by atoms with E-state index in [-0.39, 0.29) is 12.1 Å². The Bertz CT molecular complexity index is 472. The summed E-state index contributed by atoms with van der Waals surface area (Å²) in [4.78, 5) is 24.7. The molecule has 1 aromatic rings. The lowest BCUT2D eigenvalue weighted by Gasteiger charge is -2.31. The molecular weight excluding hydrogens is 272 g/mol. The largest absolute Gasteiger partial charge is 0.481 e. The maximum atomic E-state index is 12.1. The predicted octanol–water partition coefficient (Wildman–Crippen LogP) is 2.11. The van der Waals surface area contributed by atoms with Gasteiger partial charge in [0.2, 0.25) is 0 Å². The van der Waals surface area contributed by atoms with Crippen molar-refractivity contribution in [3.05, 3.63) is 24.2 Å². The number of amides is 2. The Morgan fingerprint density at radius 2 is 2.38 bits per heavy atom. The fourth-order valence-corrected chi connectivity index (χ4v) is 2.55. The van der Waals surface area contributed by atoms with Gasteiger partial charge in [-0.3, -0.25) is 4.79 Å². The molecule has 0 saturated carbocycles. The van der Waals surface area contributed by atoms with Crippen LogP contribution in [0, 0.1) is 5.92 Å². The summed E-state index contributed by atoms with van der Waals surface area (Å²) >= 11 is 0. The number of nitrogens with one attached hydrogen (secondary N) is 1. The van der Waals surface area contributed by atoms with E-state index in [1.165, 1.54) is 0 Å². The number of nitrogens with zero attached hydrogens (tertiary/aromatic N) is 1. The average Bonchev–Trinajstić information content (AvgIpc) is 2.98. The normalized spacial score (nSPS) is 20.0. The van der Waals surface area contributed by atoms with Crippen LogP contribution in [0.15, 0.2) is 22.8 Å². The number of aryl methyl sites for hydroxylation is 1. The predicted molar refractivity (Wildman–Crippen MR) is 77.0 cm³/mol. The highest BCUT2D eigenvalue weighted by molar-refractivity contribution is 5.76. The monoisotopic (exact) mass is 294 g/mol. The highest BCUT2D eigenvalue weighted by Crippen LogP contribution is 2.16. The van der Waals surface area contributed by atoms with Gasteiger partial charge in [-0.05, 0) is 38.3 Å². The number of hydrogen-bond donors (Lipinski definition) is 2. The Morgan fingerprint density at radius 3 is 3.05 bits per heavy atom. The van der Waals surface area contributed by atoms with Gasteiger partial charge in [0.1, 0.15) is 5.76 Å². The minimum Gasteiger partial charge on any atom is -0.481 e. The smallest absolute Gasteiger partial charge is 0.317 e. The van der Waals surface area contributed by atoms with Crippen LogP contribution in [-0.2, 0) is 11.2 Å². The molecule has 6 nitrogen and oxygen atoms in total. The average molecular weight is 294 g/mol. The minimum atomic E-state index is -0.821. The molecule has 1 aliphatic heterocycles. The molecule has 2 amide bonds. The number of rotatable bonds is 5. The van der Waals surface area contributed by atoms with Gasteiger partial charge in [-0.2, -0.15) is 0 Å². The van der Waals surface area contributed by atoms with E-state index in [4.69, 9.17) is 9.52 Å². The summed E-state index contributed by atoms with van der Waals surface area (Å²) in [6.45, 7) is 2.87. The number of carbonyl (C=O) groups excluding carboxylic acids is 1. The number of carbonyl (C=O) groups is 2. The molecule has 1 aliphatic rings. The van der Waals surface area contributed by atoms with Gasteiger partial charge in [0, 0.05) is 25.6 Å². The van der Waals surface area contributed by atoms with Crippen molar-refractivity contribution in [1.82, 2.24) is 10.2 Å². The number of hydrogen-bond acceptors (Lipinski definition) is 3. The van der Waals surface area contributed by atoms with Crippen molar-refractivity contribution in [2.75, 3.05) is 13.1 Å². The van der Waals surface area contributed by atoms with E-state index < -0.39 is 11.9 Å². The quantitative estimate of drug-likeness (QED) is 0.871. The summed E-state index contributed by atoms with van der Waals surface area (Å²) in [5, 5.41) is 12.0. The number of likely N-dealkylation sites (tertiary alicyclic amines) is 1. The van der Waals surface area contributed by atoms with Crippen molar-refractivity contribution in [3.8, 4) is 0 Å². The molecular formula is C15H22N2O4. The van der Waals surface area contributed by atoms with Crippen molar-refractivity contribution in [2.24, 2.45) is 5.92 Å². The lowest BCUT2D eigenvalue weighted by molar-refractivity contribution is -0.143. The summed E-state index contributed by atoms with van der Waals surface area (Å²) in [5.74, 6) is -0.360. The summed E-state index contributed by atoms with van der Waals surface area (Å²) in [6.07, 6.45) is 4.58. The van der Waals surface area contributed by atoms with Crippen molar-refractivity contribution in [1.29, 1.82) is 0 Å². The fraction of sp³-hybridized carbons (Fsp3) is 0.600. The van der Waals surface area contributed by atoms with E-state index in [9.17, 15) is 9.59 Å². The number of urea groups is 1. The van der Waals surface area contributed by atoms with E-state index in [0.29, 0.717) is 19.5 Å². The zero-order valence-corrected chi connectivity index (χ0v) is 12.2. The van der Waals surface area contributed by atoms with Crippen molar-refractivity contribution >= 4 is 12.0 Å². The van der Waals surface area contributed by atoms with Crippen LogP contribution >= 0.6 is 0 Å². The first-order chi connectivity index (χ1) is 10.1.